The fourth-order valence-electron chi connectivity index (χ4n) is 4.94. The number of nitrogens with one attached hydrogen (secondary N) is 2. The second kappa shape index (κ2) is 10.1. The van der Waals surface area contributed by atoms with Crippen molar-refractivity contribution in [2.75, 3.05) is 24.0 Å². The Labute approximate surface area is 221 Å². The van der Waals surface area contributed by atoms with Gasteiger partial charge in [0.05, 0.1) is 35.9 Å². The number of anilines is 2. The molecule has 2 N–H and O–H groups in total. The summed E-state index contributed by atoms with van der Waals surface area (Å²) in [7, 11) is 0. The van der Waals surface area contributed by atoms with E-state index in [1.54, 1.807) is 9.80 Å². The molecular formula is C32H26N4O2. The number of para-hydroxylation sites is 2. The highest BCUT2D eigenvalue weighted by atomic mass is 16.2. The number of hydrogen-bond donors (Lipinski definition) is 2. The third-order valence-electron chi connectivity index (χ3n) is 6.71. The van der Waals surface area contributed by atoms with Gasteiger partial charge >= 0.3 is 0 Å². The molecule has 6 nitrogen and oxygen atoms in total. The molecule has 0 unspecified atom stereocenters. The van der Waals surface area contributed by atoms with E-state index < -0.39 is 0 Å². The van der Waals surface area contributed by atoms with Crippen LogP contribution in [0.3, 0.4) is 0 Å². The standard InChI is InChI=1S/C32H26N4O2/c37-31-27-28(30(24-15-7-2-8-16-24)36(31)22-34-26-19-11-4-12-20-26)32(38)35(21-33-25-17-9-3-10-18-25)29(27)23-13-5-1-6-14-23/h1-20,33-34H,21-22H2. The average Bonchev–Trinajstić information content (AvgIpc) is 3.43. The van der Waals surface area contributed by atoms with Crippen molar-refractivity contribution in [3.05, 3.63) is 144 Å². The molecule has 0 saturated carbocycles. The quantitative estimate of drug-likeness (QED) is 0.330. The summed E-state index contributed by atoms with van der Waals surface area (Å²) in [6, 6.07) is 38.8. The van der Waals surface area contributed by atoms with E-state index in [1.165, 1.54) is 0 Å². The molecular weight excluding hydrogens is 472 g/mol. The monoisotopic (exact) mass is 498 g/mol. The van der Waals surface area contributed by atoms with Crippen LogP contribution in [0.15, 0.2) is 132 Å². The first-order valence-electron chi connectivity index (χ1n) is 12.5. The molecule has 6 heteroatoms. The summed E-state index contributed by atoms with van der Waals surface area (Å²) in [6.45, 7) is 0.468. The van der Waals surface area contributed by atoms with Crippen LogP contribution in [0.25, 0.3) is 11.4 Å². The number of nitrogens with zero attached hydrogens (tertiary/aromatic N) is 2. The van der Waals surface area contributed by atoms with Crippen molar-refractivity contribution in [1.82, 2.24) is 9.80 Å². The third-order valence-corrected chi connectivity index (χ3v) is 6.71. The van der Waals surface area contributed by atoms with Crippen molar-refractivity contribution in [3.63, 3.8) is 0 Å². The average molecular weight is 499 g/mol. The minimum absolute atomic E-state index is 0.198. The van der Waals surface area contributed by atoms with Crippen LogP contribution < -0.4 is 10.6 Å². The molecule has 2 aliphatic rings. The number of carbonyl (C=O) groups is 2. The van der Waals surface area contributed by atoms with Crippen LogP contribution in [-0.4, -0.2) is 35.0 Å². The van der Waals surface area contributed by atoms with E-state index in [9.17, 15) is 9.59 Å². The predicted molar refractivity (Wildman–Crippen MR) is 150 cm³/mol. The lowest BCUT2D eigenvalue weighted by atomic mass is 10.0. The predicted octanol–water partition coefficient (Wildman–Crippen LogP) is 5.63. The molecule has 0 radical (unpaired) electrons. The molecule has 0 atom stereocenters. The lowest BCUT2D eigenvalue weighted by Crippen LogP contribution is -2.34. The number of carbonyl (C=O) groups excluding carboxylic acids is 2. The fourth-order valence-corrected chi connectivity index (χ4v) is 4.94. The minimum atomic E-state index is -0.198. The summed E-state index contributed by atoms with van der Waals surface area (Å²) in [4.78, 5) is 31.6. The Hall–Kier alpha value is -5.10. The summed E-state index contributed by atoms with van der Waals surface area (Å²) in [6.07, 6.45) is 0. The maximum absolute atomic E-state index is 14.1. The summed E-state index contributed by atoms with van der Waals surface area (Å²) >= 11 is 0. The maximum Gasteiger partial charge on any atom is 0.262 e. The molecule has 0 saturated heterocycles. The molecule has 2 heterocycles. The van der Waals surface area contributed by atoms with Gasteiger partial charge in [-0.1, -0.05) is 97.1 Å². The molecule has 2 amide bonds. The second-order valence-electron chi connectivity index (χ2n) is 9.05. The van der Waals surface area contributed by atoms with Gasteiger partial charge in [-0.3, -0.25) is 19.4 Å². The molecule has 2 aliphatic heterocycles. The van der Waals surface area contributed by atoms with Crippen molar-refractivity contribution in [2.24, 2.45) is 0 Å². The third kappa shape index (κ3) is 4.22. The highest BCUT2D eigenvalue weighted by Gasteiger charge is 2.48. The van der Waals surface area contributed by atoms with Crippen molar-refractivity contribution in [3.8, 4) is 0 Å². The fraction of sp³-hybridized carbons (Fsp3) is 0.0625. The zero-order valence-electron chi connectivity index (χ0n) is 20.7. The highest BCUT2D eigenvalue weighted by Crippen LogP contribution is 2.46. The largest absolute Gasteiger partial charge is 0.367 e. The van der Waals surface area contributed by atoms with Gasteiger partial charge in [0.15, 0.2) is 0 Å². The number of amides is 2. The molecule has 4 aromatic carbocycles. The van der Waals surface area contributed by atoms with Gasteiger partial charge in [-0.2, -0.15) is 0 Å². The van der Waals surface area contributed by atoms with Crippen LogP contribution in [0.2, 0.25) is 0 Å². The summed E-state index contributed by atoms with van der Waals surface area (Å²) < 4.78 is 0. The van der Waals surface area contributed by atoms with Crippen LogP contribution in [0.4, 0.5) is 11.4 Å². The van der Waals surface area contributed by atoms with Crippen LogP contribution in [0, 0.1) is 0 Å². The van der Waals surface area contributed by atoms with Crippen LogP contribution in [0.5, 0.6) is 0 Å². The molecule has 0 spiro atoms. The first-order chi connectivity index (χ1) is 18.7. The zero-order chi connectivity index (χ0) is 25.9. The second-order valence-corrected chi connectivity index (χ2v) is 9.05. The first kappa shape index (κ1) is 23.3. The minimum Gasteiger partial charge on any atom is -0.367 e. The molecule has 0 aliphatic carbocycles. The summed E-state index contributed by atoms with van der Waals surface area (Å²) in [5.41, 5.74) is 5.54. The smallest absolute Gasteiger partial charge is 0.262 e. The van der Waals surface area contributed by atoms with E-state index in [-0.39, 0.29) is 25.2 Å². The molecule has 0 bridgehead atoms. The van der Waals surface area contributed by atoms with Crippen LogP contribution >= 0.6 is 0 Å². The van der Waals surface area contributed by atoms with E-state index in [0.29, 0.717) is 22.5 Å². The molecule has 0 fully saturated rings. The summed E-state index contributed by atoms with van der Waals surface area (Å²) in [5, 5.41) is 6.69. The van der Waals surface area contributed by atoms with E-state index in [4.69, 9.17) is 0 Å². The SMILES string of the molecule is O=C1C2=C(c3ccccc3)N(CNc3ccccc3)C(=O)C2=C(c2ccccc2)N1CNc1ccccc1. The lowest BCUT2D eigenvalue weighted by molar-refractivity contribution is -0.123. The van der Waals surface area contributed by atoms with Gasteiger partial charge in [0.25, 0.3) is 11.8 Å². The van der Waals surface area contributed by atoms with Crippen molar-refractivity contribution in [2.45, 2.75) is 0 Å². The van der Waals surface area contributed by atoms with Crippen molar-refractivity contribution < 1.29 is 9.59 Å². The molecule has 6 rings (SSSR count). The Morgan fingerprint density at radius 1 is 0.447 bits per heavy atom. The van der Waals surface area contributed by atoms with Gasteiger partial charge in [-0.25, -0.2) is 0 Å². The van der Waals surface area contributed by atoms with Gasteiger partial charge in [-0.05, 0) is 35.4 Å². The van der Waals surface area contributed by atoms with E-state index >= 15 is 0 Å². The van der Waals surface area contributed by atoms with Gasteiger partial charge in [0.2, 0.25) is 0 Å². The topological polar surface area (TPSA) is 64.7 Å². The molecule has 186 valence electrons. The van der Waals surface area contributed by atoms with Gasteiger partial charge < -0.3 is 10.6 Å². The first-order valence-corrected chi connectivity index (χ1v) is 12.5. The maximum atomic E-state index is 14.1. The Balaban J connectivity index is 1.46. The number of benzene rings is 4. The van der Waals surface area contributed by atoms with E-state index in [0.717, 1.165) is 22.5 Å². The van der Waals surface area contributed by atoms with Crippen LogP contribution in [-0.2, 0) is 9.59 Å². The van der Waals surface area contributed by atoms with Gasteiger partial charge in [-0.15, -0.1) is 0 Å². The molecule has 0 aromatic heterocycles. The van der Waals surface area contributed by atoms with Crippen molar-refractivity contribution >= 4 is 34.6 Å². The number of hydrogen-bond acceptors (Lipinski definition) is 4. The molecule has 38 heavy (non-hydrogen) atoms. The number of rotatable bonds is 8. The van der Waals surface area contributed by atoms with Gasteiger partial charge in [0.1, 0.15) is 0 Å². The van der Waals surface area contributed by atoms with E-state index in [2.05, 4.69) is 10.6 Å². The van der Waals surface area contributed by atoms with Crippen molar-refractivity contribution in [1.29, 1.82) is 0 Å². The normalized spacial score (nSPS) is 14.8. The van der Waals surface area contributed by atoms with E-state index in [1.807, 2.05) is 121 Å². The van der Waals surface area contributed by atoms with Crippen LogP contribution in [0.1, 0.15) is 11.1 Å². The Morgan fingerprint density at radius 2 is 0.763 bits per heavy atom. The number of fused-ring (bicyclic) bond motifs is 1. The summed E-state index contributed by atoms with van der Waals surface area (Å²) in [5.74, 6) is -0.395. The zero-order valence-corrected chi connectivity index (χ0v) is 20.7. The lowest BCUT2D eigenvalue weighted by Gasteiger charge is -2.26. The molecule has 4 aromatic rings. The Morgan fingerprint density at radius 3 is 1.11 bits per heavy atom. The highest BCUT2D eigenvalue weighted by molar-refractivity contribution is 6.30. The Kier molecular flexibility index (Phi) is 6.20. The van der Waals surface area contributed by atoms with Gasteiger partial charge in [0, 0.05) is 11.4 Å². The Bertz CT molecular complexity index is 1410.